The molecule has 1 saturated heterocycles. The van der Waals surface area contributed by atoms with Gasteiger partial charge in [-0.3, -0.25) is 9.59 Å². The Bertz CT molecular complexity index is 772. The molecule has 7 nitrogen and oxygen atoms in total. The number of H-pyrrole nitrogens is 1. The Kier molecular flexibility index (Phi) is 2.29. The minimum Gasteiger partial charge on any atom is -0.376 e. The highest BCUT2D eigenvalue weighted by atomic mass is 16.5. The lowest BCUT2D eigenvalue weighted by Gasteiger charge is -2.30. The van der Waals surface area contributed by atoms with Gasteiger partial charge in [-0.05, 0) is 13.3 Å². The second-order valence-electron chi connectivity index (χ2n) is 5.33. The normalized spacial score (nSPS) is 21.4. The van der Waals surface area contributed by atoms with Crippen molar-refractivity contribution in [3.63, 3.8) is 0 Å². The molecule has 2 aliphatic rings. The number of ether oxygens (including phenoxy) is 1. The number of aromatic amines is 1. The van der Waals surface area contributed by atoms with Crippen molar-refractivity contribution in [3.8, 4) is 0 Å². The van der Waals surface area contributed by atoms with Gasteiger partial charge in [0.05, 0.1) is 23.9 Å². The van der Waals surface area contributed by atoms with Crippen LogP contribution in [-0.2, 0) is 11.3 Å². The molecule has 0 bridgehead atoms. The van der Waals surface area contributed by atoms with E-state index in [0.717, 1.165) is 18.7 Å². The zero-order valence-corrected chi connectivity index (χ0v) is 11.0. The lowest BCUT2D eigenvalue weighted by molar-refractivity contribution is -0.0628. The molecule has 20 heavy (non-hydrogen) atoms. The average molecular weight is 274 g/mol. The quantitative estimate of drug-likeness (QED) is 0.840. The highest BCUT2D eigenvalue weighted by molar-refractivity contribution is 5.96. The van der Waals surface area contributed by atoms with Gasteiger partial charge in [0.15, 0.2) is 0 Å². The van der Waals surface area contributed by atoms with E-state index < -0.39 is 0 Å². The Labute approximate surface area is 114 Å². The summed E-state index contributed by atoms with van der Waals surface area (Å²) in [4.78, 5) is 29.4. The molecule has 0 spiro atoms. The van der Waals surface area contributed by atoms with Crippen LogP contribution in [0.15, 0.2) is 10.9 Å². The van der Waals surface area contributed by atoms with E-state index in [9.17, 15) is 9.59 Å². The number of fused-ring (bicyclic) bond motifs is 2. The summed E-state index contributed by atoms with van der Waals surface area (Å²) < 4.78 is 6.67. The second-order valence-corrected chi connectivity index (χ2v) is 5.33. The van der Waals surface area contributed by atoms with E-state index in [1.807, 2.05) is 6.92 Å². The van der Waals surface area contributed by atoms with Crippen LogP contribution in [0.25, 0.3) is 5.65 Å². The van der Waals surface area contributed by atoms with Gasteiger partial charge in [-0.25, -0.2) is 0 Å². The van der Waals surface area contributed by atoms with E-state index in [2.05, 4.69) is 10.1 Å². The first kappa shape index (κ1) is 11.7. The summed E-state index contributed by atoms with van der Waals surface area (Å²) in [6.45, 7) is 3.44. The summed E-state index contributed by atoms with van der Waals surface area (Å²) in [6.07, 6.45) is 1.08. The first-order chi connectivity index (χ1) is 9.63. The molecule has 1 atom stereocenters. The van der Waals surface area contributed by atoms with Crippen molar-refractivity contribution in [2.24, 2.45) is 0 Å². The Morgan fingerprint density at radius 3 is 3.00 bits per heavy atom. The minimum absolute atomic E-state index is 0.106. The van der Waals surface area contributed by atoms with Gasteiger partial charge in [-0.1, -0.05) is 0 Å². The summed E-state index contributed by atoms with van der Waals surface area (Å²) in [5, 5.41) is 4.15. The third-order valence-electron chi connectivity index (χ3n) is 3.90. The summed E-state index contributed by atoms with van der Waals surface area (Å²) in [6, 6.07) is 1.76. The third-order valence-corrected chi connectivity index (χ3v) is 3.90. The fourth-order valence-corrected chi connectivity index (χ4v) is 2.75. The Morgan fingerprint density at radius 2 is 2.30 bits per heavy atom. The third kappa shape index (κ3) is 1.53. The van der Waals surface area contributed by atoms with Gasteiger partial charge in [-0.2, -0.15) is 9.61 Å². The molecule has 104 valence electrons. The van der Waals surface area contributed by atoms with Crippen molar-refractivity contribution < 1.29 is 9.53 Å². The molecule has 4 heterocycles. The van der Waals surface area contributed by atoms with Gasteiger partial charge in [0, 0.05) is 19.2 Å². The topological polar surface area (TPSA) is 79.7 Å². The zero-order chi connectivity index (χ0) is 13.9. The van der Waals surface area contributed by atoms with Gasteiger partial charge >= 0.3 is 0 Å². The number of aromatic nitrogens is 3. The Hall–Kier alpha value is -2.15. The number of nitrogens with one attached hydrogen (secondary N) is 1. The largest absolute Gasteiger partial charge is 0.376 e. The molecular formula is C13H14N4O3. The van der Waals surface area contributed by atoms with Crippen molar-refractivity contribution in [1.29, 1.82) is 0 Å². The van der Waals surface area contributed by atoms with Crippen LogP contribution in [0.3, 0.4) is 0 Å². The van der Waals surface area contributed by atoms with Gasteiger partial charge in [0.2, 0.25) is 0 Å². The van der Waals surface area contributed by atoms with E-state index in [-0.39, 0.29) is 17.6 Å². The number of hydrogen-bond donors (Lipinski definition) is 1. The Balaban J connectivity index is 1.76. The van der Waals surface area contributed by atoms with Crippen LogP contribution in [0.1, 0.15) is 28.2 Å². The number of aryl methyl sites for hydroxylation is 1. The van der Waals surface area contributed by atoms with Crippen LogP contribution in [0.4, 0.5) is 0 Å². The lowest BCUT2D eigenvalue weighted by Crippen LogP contribution is -2.40. The molecule has 1 N–H and O–H groups in total. The Morgan fingerprint density at radius 1 is 1.50 bits per heavy atom. The maximum atomic E-state index is 12.4. The molecule has 0 aromatic carbocycles. The lowest BCUT2D eigenvalue weighted by atomic mass is 10.2. The van der Waals surface area contributed by atoms with Gasteiger partial charge < -0.3 is 14.6 Å². The monoisotopic (exact) mass is 274 g/mol. The fourth-order valence-electron chi connectivity index (χ4n) is 2.75. The first-order valence-electron chi connectivity index (χ1n) is 6.66. The smallest absolute Gasteiger partial charge is 0.280 e. The predicted molar refractivity (Wildman–Crippen MR) is 69.6 cm³/mol. The maximum absolute atomic E-state index is 12.4. The molecular weight excluding hydrogens is 260 g/mol. The van der Waals surface area contributed by atoms with Crippen LogP contribution >= 0.6 is 0 Å². The molecule has 2 aromatic rings. The summed E-state index contributed by atoms with van der Waals surface area (Å²) in [5.74, 6) is -0.131. The molecule has 2 aliphatic heterocycles. The van der Waals surface area contributed by atoms with Crippen LogP contribution in [0.2, 0.25) is 0 Å². The minimum atomic E-state index is -0.216. The molecule has 0 saturated carbocycles. The summed E-state index contributed by atoms with van der Waals surface area (Å²) in [5.41, 5.74) is 1.97. The predicted octanol–water partition coefficient (Wildman–Crippen LogP) is 0.0757. The van der Waals surface area contributed by atoms with Gasteiger partial charge in [-0.15, -0.1) is 0 Å². The number of nitrogens with zero attached hydrogens (tertiary/aromatic N) is 3. The van der Waals surface area contributed by atoms with E-state index in [0.29, 0.717) is 30.0 Å². The van der Waals surface area contributed by atoms with Crippen LogP contribution in [0, 0.1) is 6.92 Å². The number of carbonyl (C=O) groups is 1. The SMILES string of the molecule is Cc1cc2[nH]c3c(c(=O)n2n1)CN(CC1CCO1)C3=O. The summed E-state index contributed by atoms with van der Waals surface area (Å²) >= 11 is 0. The van der Waals surface area contributed by atoms with Crippen LogP contribution < -0.4 is 5.56 Å². The number of carbonyl (C=O) groups excluding carboxylic acids is 1. The average Bonchev–Trinajstić information content (AvgIpc) is 2.87. The highest BCUT2D eigenvalue weighted by Gasteiger charge is 2.34. The van der Waals surface area contributed by atoms with Crippen molar-refractivity contribution in [2.45, 2.75) is 26.0 Å². The van der Waals surface area contributed by atoms with E-state index in [1.54, 1.807) is 11.0 Å². The maximum Gasteiger partial charge on any atom is 0.280 e. The van der Waals surface area contributed by atoms with Crippen molar-refractivity contribution >= 4 is 11.6 Å². The van der Waals surface area contributed by atoms with E-state index in [1.165, 1.54) is 4.52 Å². The van der Waals surface area contributed by atoms with Crippen LogP contribution in [0.5, 0.6) is 0 Å². The first-order valence-corrected chi connectivity index (χ1v) is 6.66. The summed E-state index contributed by atoms with van der Waals surface area (Å²) in [7, 11) is 0. The number of rotatable bonds is 2. The molecule has 2 aromatic heterocycles. The molecule has 4 rings (SSSR count). The standard InChI is InChI=1S/C13H14N4O3/c1-7-4-10-14-11-9(12(18)17(10)15-7)6-16(13(11)19)5-8-2-3-20-8/h4,8,14H,2-3,5-6H2,1H3. The van der Waals surface area contributed by atoms with Crippen molar-refractivity contribution in [1.82, 2.24) is 19.5 Å². The van der Waals surface area contributed by atoms with Crippen molar-refractivity contribution in [3.05, 3.63) is 33.4 Å². The van der Waals surface area contributed by atoms with Gasteiger partial charge in [0.25, 0.3) is 11.5 Å². The van der Waals surface area contributed by atoms with Crippen LogP contribution in [-0.4, -0.2) is 44.7 Å². The van der Waals surface area contributed by atoms with E-state index in [4.69, 9.17) is 4.74 Å². The van der Waals surface area contributed by atoms with Gasteiger partial charge in [0.1, 0.15) is 11.3 Å². The second kappa shape index (κ2) is 3.92. The molecule has 1 unspecified atom stereocenters. The zero-order valence-electron chi connectivity index (χ0n) is 11.0. The highest BCUT2D eigenvalue weighted by Crippen LogP contribution is 2.22. The molecule has 0 radical (unpaired) electrons. The molecule has 1 amide bonds. The molecule has 1 fully saturated rings. The number of amides is 1. The van der Waals surface area contributed by atoms with Crippen molar-refractivity contribution in [2.75, 3.05) is 13.2 Å². The fraction of sp³-hybridized carbons (Fsp3) is 0.462. The molecule has 0 aliphatic carbocycles. The van der Waals surface area contributed by atoms with E-state index >= 15 is 0 Å². The molecule has 7 heteroatoms. The number of hydrogen-bond acceptors (Lipinski definition) is 4.